The van der Waals surface area contributed by atoms with Crippen molar-refractivity contribution in [1.29, 1.82) is 0 Å². The average molecular weight is 294 g/mol. The molecular formula is C14H16ClN3O2. The molecular weight excluding hydrogens is 278 g/mol. The lowest BCUT2D eigenvalue weighted by atomic mass is 10.2. The molecule has 2 unspecified atom stereocenters. The summed E-state index contributed by atoms with van der Waals surface area (Å²) in [6.45, 7) is 3.50. The summed E-state index contributed by atoms with van der Waals surface area (Å²) in [5.41, 5.74) is 5.61. The summed E-state index contributed by atoms with van der Waals surface area (Å²) in [6.07, 6.45) is 0.0660. The molecule has 2 rings (SSSR count). The molecule has 0 aliphatic rings. The van der Waals surface area contributed by atoms with Crippen LogP contribution in [0, 0.1) is 0 Å². The number of carbonyl (C=O) groups excluding carboxylic acids is 1. The number of fused-ring (bicyclic) bond motifs is 1. The maximum atomic E-state index is 12.6. The molecule has 0 aliphatic heterocycles. The van der Waals surface area contributed by atoms with Crippen LogP contribution in [-0.4, -0.2) is 15.5 Å². The second kappa shape index (κ2) is 5.63. The number of rotatable bonds is 4. The highest BCUT2D eigenvalue weighted by atomic mass is 35.5. The molecule has 0 fully saturated rings. The predicted octanol–water partition coefficient (Wildman–Crippen LogP) is 2.13. The van der Waals surface area contributed by atoms with E-state index >= 15 is 0 Å². The van der Waals surface area contributed by atoms with Crippen molar-refractivity contribution < 1.29 is 4.79 Å². The van der Waals surface area contributed by atoms with Gasteiger partial charge >= 0.3 is 0 Å². The van der Waals surface area contributed by atoms with E-state index in [9.17, 15) is 9.59 Å². The minimum atomic E-state index is -0.467. The van der Waals surface area contributed by atoms with Crippen molar-refractivity contribution in [1.82, 2.24) is 9.55 Å². The molecule has 1 aromatic heterocycles. The molecule has 1 heterocycles. The number of aromatic nitrogens is 2. The highest BCUT2D eigenvalue weighted by Crippen LogP contribution is 2.22. The van der Waals surface area contributed by atoms with Crippen LogP contribution >= 0.6 is 11.6 Å². The highest BCUT2D eigenvalue weighted by molar-refractivity contribution is 6.20. The van der Waals surface area contributed by atoms with Gasteiger partial charge in [-0.25, -0.2) is 4.98 Å². The van der Waals surface area contributed by atoms with Gasteiger partial charge in [-0.05, 0) is 26.0 Å². The number of nitrogens with two attached hydrogens (primary N) is 1. The van der Waals surface area contributed by atoms with Crippen molar-refractivity contribution in [3.63, 3.8) is 0 Å². The first kappa shape index (κ1) is 14.5. The van der Waals surface area contributed by atoms with Crippen molar-refractivity contribution in [2.45, 2.75) is 31.7 Å². The molecule has 0 spiro atoms. The Kier molecular flexibility index (Phi) is 4.09. The molecule has 1 amide bonds. The standard InChI is InChI=1S/C14H16ClN3O2/c1-8(7-12(16)19)18-13(9(2)15)17-11-6-4-3-5-10(11)14(18)20/h3-6,8-9H,7H2,1-2H3,(H2,16,19). The lowest BCUT2D eigenvalue weighted by Crippen LogP contribution is -2.30. The third-order valence-corrected chi connectivity index (χ3v) is 3.32. The second-order valence-electron chi connectivity index (χ2n) is 4.80. The zero-order valence-corrected chi connectivity index (χ0v) is 12.1. The van der Waals surface area contributed by atoms with Gasteiger partial charge < -0.3 is 5.73 Å². The summed E-state index contributed by atoms with van der Waals surface area (Å²) in [5, 5.41) is 0.0625. The van der Waals surface area contributed by atoms with E-state index in [1.54, 1.807) is 32.0 Å². The SMILES string of the molecule is CC(Cl)c1nc2ccccc2c(=O)n1C(C)CC(N)=O. The van der Waals surface area contributed by atoms with Gasteiger partial charge in [0.25, 0.3) is 5.56 Å². The number of nitrogens with zero attached hydrogens (tertiary/aromatic N) is 2. The number of primary amides is 1. The van der Waals surface area contributed by atoms with E-state index < -0.39 is 11.3 Å². The number of benzene rings is 1. The topological polar surface area (TPSA) is 78.0 Å². The molecule has 6 heteroatoms. The maximum absolute atomic E-state index is 12.6. The number of halogens is 1. The fraction of sp³-hybridized carbons (Fsp3) is 0.357. The smallest absolute Gasteiger partial charge is 0.261 e. The molecule has 2 atom stereocenters. The predicted molar refractivity (Wildman–Crippen MR) is 78.8 cm³/mol. The summed E-state index contributed by atoms with van der Waals surface area (Å²) in [6, 6.07) is 6.68. The Labute approximate surface area is 121 Å². The van der Waals surface area contributed by atoms with Crippen LogP contribution in [0.5, 0.6) is 0 Å². The molecule has 2 N–H and O–H groups in total. The first-order chi connectivity index (χ1) is 9.41. The van der Waals surface area contributed by atoms with Gasteiger partial charge in [-0.15, -0.1) is 11.6 Å². The minimum Gasteiger partial charge on any atom is -0.370 e. The van der Waals surface area contributed by atoms with E-state index in [-0.39, 0.29) is 18.0 Å². The molecule has 0 saturated heterocycles. The third kappa shape index (κ3) is 2.67. The van der Waals surface area contributed by atoms with Gasteiger partial charge in [-0.1, -0.05) is 12.1 Å². The first-order valence-electron chi connectivity index (χ1n) is 6.35. The lowest BCUT2D eigenvalue weighted by molar-refractivity contribution is -0.118. The first-order valence-corrected chi connectivity index (χ1v) is 6.79. The number of para-hydroxylation sites is 1. The van der Waals surface area contributed by atoms with E-state index in [1.165, 1.54) is 4.57 Å². The van der Waals surface area contributed by atoms with Crippen LogP contribution in [0.3, 0.4) is 0 Å². The zero-order valence-electron chi connectivity index (χ0n) is 11.3. The molecule has 1 aromatic carbocycles. The number of hydrogen-bond donors (Lipinski definition) is 1. The molecule has 5 nitrogen and oxygen atoms in total. The van der Waals surface area contributed by atoms with E-state index in [2.05, 4.69) is 4.98 Å². The Morgan fingerprint density at radius 1 is 1.40 bits per heavy atom. The Hall–Kier alpha value is -1.88. The fourth-order valence-electron chi connectivity index (χ4n) is 2.25. The van der Waals surface area contributed by atoms with Crippen LogP contribution in [-0.2, 0) is 4.79 Å². The molecule has 106 valence electrons. The molecule has 0 bridgehead atoms. The number of hydrogen-bond acceptors (Lipinski definition) is 3. The van der Waals surface area contributed by atoms with Gasteiger partial charge in [0.2, 0.25) is 5.91 Å². The normalized spacial score (nSPS) is 14.2. The highest BCUT2D eigenvalue weighted by Gasteiger charge is 2.20. The molecule has 0 radical (unpaired) electrons. The van der Waals surface area contributed by atoms with E-state index in [1.807, 2.05) is 6.07 Å². The van der Waals surface area contributed by atoms with Gasteiger partial charge in [-0.2, -0.15) is 0 Å². The molecule has 20 heavy (non-hydrogen) atoms. The van der Waals surface area contributed by atoms with Crippen LogP contribution < -0.4 is 11.3 Å². The van der Waals surface area contributed by atoms with Crippen molar-refractivity contribution in [3.8, 4) is 0 Å². The van der Waals surface area contributed by atoms with Gasteiger partial charge in [0, 0.05) is 12.5 Å². The summed E-state index contributed by atoms with van der Waals surface area (Å²) in [4.78, 5) is 28.1. The third-order valence-electron chi connectivity index (χ3n) is 3.13. The van der Waals surface area contributed by atoms with Gasteiger partial charge in [0.1, 0.15) is 5.82 Å². The van der Waals surface area contributed by atoms with Crippen molar-refractivity contribution >= 4 is 28.4 Å². The van der Waals surface area contributed by atoms with Gasteiger partial charge in [-0.3, -0.25) is 14.2 Å². The van der Waals surface area contributed by atoms with E-state index in [0.29, 0.717) is 16.7 Å². The summed E-state index contributed by atoms with van der Waals surface area (Å²) in [5.74, 6) is -0.0187. The van der Waals surface area contributed by atoms with E-state index in [4.69, 9.17) is 17.3 Å². The molecule has 0 saturated carbocycles. The number of alkyl halides is 1. The molecule has 0 aliphatic carbocycles. The Bertz CT molecular complexity index is 709. The Morgan fingerprint density at radius 3 is 2.65 bits per heavy atom. The number of carbonyl (C=O) groups is 1. The summed E-state index contributed by atoms with van der Waals surface area (Å²) >= 11 is 6.12. The number of amides is 1. The summed E-state index contributed by atoms with van der Waals surface area (Å²) < 4.78 is 1.46. The van der Waals surface area contributed by atoms with Crippen LogP contribution in [0.25, 0.3) is 10.9 Å². The van der Waals surface area contributed by atoms with Crippen LogP contribution in [0.2, 0.25) is 0 Å². The second-order valence-corrected chi connectivity index (χ2v) is 5.45. The fourth-order valence-corrected chi connectivity index (χ4v) is 2.41. The lowest BCUT2D eigenvalue weighted by Gasteiger charge is -2.20. The monoisotopic (exact) mass is 293 g/mol. The maximum Gasteiger partial charge on any atom is 0.261 e. The molecule has 2 aromatic rings. The quantitative estimate of drug-likeness (QED) is 0.877. The summed E-state index contributed by atoms with van der Waals surface area (Å²) in [7, 11) is 0. The Balaban J connectivity index is 2.73. The minimum absolute atomic E-state index is 0.0660. The van der Waals surface area contributed by atoms with E-state index in [0.717, 1.165) is 0 Å². The van der Waals surface area contributed by atoms with Crippen LogP contribution in [0.4, 0.5) is 0 Å². The van der Waals surface area contributed by atoms with Crippen molar-refractivity contribution in [3.05, 3.63) is 40.4 Å². The van der Waals surface area contributed by atoms with Gasteiger partial charge in [0.05, 0.1) is 16.3 Å². The van der Waals surface area contributed by atoms with Crippen LogP contribution in [0.15, 0.2) is 29.1 Å². The average Bonchev–Trinajstić information content (AvgIpc) is 2.37. The van der Waals surface area contributed by atoms with Gasteiger partial charge in [0.15, 0.2) is 0 Å². The zero-order chi connectivity index (χ0) is 14.9. The van der Waals surface area contributed by atoms with Crippen molar-refractivity contribution in [2.75, 3.05) is 0 Å². The Morgan fingerprint density at radius 2 is 2.05 bits per heavy atom. The van der Waals surface area contributed by atoms with Crippen LogP contribution in [0.1, 0.15) is 37.5 Å². The largest absolute Gasteiger partial charge is 0.370 e. The van der Waals surface area contributed by atoms with Crippen molar-refractivity contribution in [2.24, 2.45) is 5.73 Å².